The molecule has 1 nitrogen and oxygen atoms in total. The number of hydrogen-bond donors (Lipinski definition) is 0. The van der Waals surface area contributed by atoms with Crippen LogP contribution in [0.25, 0.3) is 0 Å². The summed E-state index contributed by atoms with van der Waals surface area (Å²) in [5.41, 5.74) is 0. The topological polar surface area (TPSA) is 23.1 Å². The minimum Gasteiger partial charge on any atom is -0.878 e. The largest absolute Gasteiger partial charge is 1.00 e. The van der Waals surface area contributed by atoms with Gasteiger partial charge in [0.2, 0.25) is 0 Å². The van der Waals surface area contributed by atoms with Crippen molar-refractivity contribution in [1.29, 1.82) is 0 Å². The van der Waals surface area contributed by atoms with E-state index in [2.05, 4.69) is 0 Å². The smallest absolute Gasteiger partial charge is 0.878 e. The molecule has 0 aromatic heterocycles. The van der Waals surface area contributed by atoms with Gasteiger partial charge in [0.1, 0.15) is 0 Å². The Balaban J connectivity index is 0. The van der Waals surface area contributed by atoms with E-state index in [1.807, 2.05) is 13.8 Å². The maximum atomic E-state index is 9.56. The van der Waals surface area contributed by atoms with E-state index in [0.29, 0.717) is 5.92 Å². The van der Waals surface area contributed by atoms with E-state index in [1.165, 1.54) is 0 Å². The molecule has 0 aliphatic heterocycles. The Morgan fingerprint density at radius 3 is 1.86 bits per heavy atom. The molecule has 0 fully saturated rings. The number of hydrogen-bond acceptors (Lipinski definition) is 1. The van der Waals surface area contributed by atoms with Crippen molar-refractivity contribution in [2.24, 2.45) is 5.92 Å². The van der Waals surface area contributed by atoms with Crippen LogP contribution in [0.4, 0.5) is 0 Å². The van der Waals surface area contributed by atoms with Gasteiger partial charge < -0.3 is 5.11 Å². The third-order valence-corrected chi connectivity index (χ3v) is 0.463. The first-order valence-electron chi connectivity index (χ1n) is 2.06. The molecule has 0 heterocycles. The van der Waals surface area contributed by atoms with Crippen LogP contribution in [0.5, 0.6) is 0 Å². The van der Waals surface area contributed by atoms with Crippen molar-refractivity contribution in [3.05, 3.63) is 12.3 Å². The van der Waals surface area contributed by atoms with Gasteiger partial charge in [0.05, 0.1) is 0 Å². The second kappa shape index (κ2) is 7.18. The van der Waals surface area contributed by atoms with E-state index in [9.17, 15) is 5.11 Å². The molecular weight excluding hydrogens is 115 g/mol. The van der Waals surface area contributed by atoms with E-state index in [4.69, 9.17) is 0 Å². The van der Waals surface area contributed by atoms with Crippen LogP contribution in [0.2, 0.25) is 0 Å². The van der Waals surface area contributed by atoms with Crippen molar-refractivity contribution in [3.8, 4) is 0 Å². The first-order chi connectivity index (χ1) is 2.77. The zero-order valence-corrected chi connectivity index (χ0v) is 8.26. The second-order valence-electron chi connectivity index (χ2n) is 1.57. The fourth-order valence-electron chi connectivity index (χ4n) is 0.157. The van der Waals surface area contributed by atoms with Crippen molar-refractivity contribution < 1.29 is 56.5 Å². The minimum absolute atomic E-state index is 0. The summed E-state index contributed by atoms with van der Waals surface area (Å²) in [6.45, 7) is 3.93. The van der Waals surface area contributed by atoms with Crippen LogP contribution >= 0.6 is 0 Å². The number of allylic oxidation sites excluding steroid dienone is 1. The van der Waals surface area contributed by atoms with E-state index >= 15 is 0 Å². The first kappa shape index (κ1) is 11.0. The molecule has 7 heavy (non-hydrogen) atoms. The molecule has 0 aliphatic rings. The van der Waals surface area contributed by atoms with Gasteiger partial charge in [0, 0.05) is 0 Å². The Bertz CT molecular complexity index is 50.0. The Labute approximate surface area is 87.2 Å². The summed E-state index contributed by atoms with van der Waals surface area (Å²) in [7, 11) is 0. The van der Waals surface area contributed by atoms with Gasteiger partial charge in [-0.15, -0.1) is 0 Å². The van der Waals surface area contributed by atoms with Crippen molar-refractivity contribution >= 4 is 0 Å². The molecule has 0 amide bonds. The Morgan fingerprint density at radius 2 is 1.86 bits per heavy atom. The maximum Gasteiger partial charge on any atom is 1.00 e. The standard InChI is InChI=1S/C5H10O.K/c1-5(2)3-4-6;/h3-6H,1-2H3;/q;+1/p-1. The van der Waals surface area contributed by atoms with Gasteiger partial charge in [-0.25, -0.2) is 0 Å². The monoisotopic (exact) mass is 124 g/mol. The molecule has 0 saturated carbocycles. The summed E-state index contributed by atoms with van der Waals surface area (Å²) in [6, 6.07) is 0. The predicted octanol–water partition coefficient (Wildman–Crippen LogP) is -2.48. The van der Waals surface area contributed by atoms with Gasteiger partial charge in [0.15, 0.2) is 0 Å². The summed E-state index contributed by atoms with van der Waals surface area (Å²) < 4.78 is 0. The molecule has 0 aromatic rings. The number of rotatable bonds is 1. The Morgan fingerprint density at radius 1 is 1.43 bits per heavy atom. The molecule has 0 saturated heterocycles. The van der Waals surface area contributed by atoms with Crippen LogP contribution in [-0.4, -0.2) is 0 Å². The van der Waals surface area contributed by atoms with Crippen molar-refractivity contribution in [3.63, 3.8) is 0 Å². The van der Waals surface area contributed by atoms with Crippen LogP contribution in [0.15, 0.2) is 12.3 Å². The molecule has 0 atom stereocenters. The molecule has 0 bridgehead atoms. The van der Waals surface area contributed by atoms with Crippen LogP contribution in [0, 0.1) is 5.92 Å². The predicted molar refractivity (Wildman–Crippen MR) is 24.0 cm³/mol. The maximum absolute atomic E-state index is 9.56. The van der Waals surface area contributed by atoms with Crippen LogP contribution < -0.4 is 56.5 Å². The van der Waals surface area contributed by atoms with Crippen LogP contribution in [0.3, 0.4) is 0 Å². The molecular formula is C5H9KO. The average Bonchev–Trinajstić information content (AvgIpc) is 1.35. The molecule has 0 rings (SSSR count). The Hall–Kier alpha value is 1.18. The second-order valence-corrected chi connectivity index (χ2v) is 1.57. The third-order valence-electron chi connectivity index (χ3n) is 0.463. The zero-order valence-electron chi connectivity index (χ0n) is 5.14. The zero-order chi connectivity index (χ0) is 4.99. The molecule has 36 valence electrons. The van der Waals surface area contributed by atoms with E-state index in [0.717, 1.165) is 6.26 Å². The summed E-state index contributed by atoms with van der Waals surface area (Å²) in [5.74, 6) is 0.405. The van der Waals surface area contributed by atoms with Crippen LogP contribution in [0.1, 0.15) is 13.8 Å². The van der Waals surface area contributed by atoms with Gasteiger partial charge in [-0.3, -0.25) is 0 Å². The fraction of sp³-hybridized carbons (Fsp3) is 0.600. The van der Waals surface area contributed by atoms with Gasteiger partial charge in [0.25, 0.3) is 0 Å². The van der Waals surface area contributed by atoms with Gasteiger partial charge in [-0.1, -0.05) is 19.9 Å². The quantitative estimate of drug-likeness (QED) is 0.280. The normalized spacial score (nSPS) is 9.57. The first-order valence-corrected chi connectivity index (χ1v) is 2.06. The van der Waals surface area contributed by atoms with E-state index in [1.54, 1.807) is 6.08 Å². The molecule has 2 heteroatoms. The molecule has 0 spiro atoms. The Kier molecular flexibility index (Phi) is 11.3. The third kappa shape index (κ3) is 11.0. The SMILES string of the molecule is CC(C)C=C[O-].[K+]. The molecule has 0 aliphatic carbocycles. The summed E-state index contributed by atoms with van der Waals surface area (Å²) in [4.78, 5) is 0. The fourth-order valence-corrected chi connectivity index (χ4v) is 0.157. The molecule has 0 unspecified atom stereocenters. The van der Waals surface area contributed by atoms with Gasteiger partial charge in [-0.2, -0.15) is 6.26 Å². The summed E-state index contributed by atoms with van der Waals surface area (Å²) >= 11 is 0. The van der Waals surface area contributed by atoms with Crippen molar-refractivity contribution in [2.45, 2.75) is 13.8 Å². The molecule has 0 aromatic carbocycles. The van der Waals surface area contributed by atoms with E-state index < -0.39 is 0 Å². The van der Waals surface area contributed by atoms with Crippen molar-refractivity contribution in [1.82, 2.24) is 0 Å². The van der Waals surface area contributed by atoms with Crippen LogP contribution in [-0.2, 0) is 0 Å². The minimum atomic E-state index is 0. The van der Waals surface area contributed by atoms with Crippen molar-refractivity contribution in [2.75, 3.05) is 0 Å². The molecule has 0 N–H and O–H groups in total. The summed E-state index contributed by atoms with van der Waals surface area (Å²) in [6.07, 6.45) is 2.44. The molecule has 0 radical (unpaired) electrons. The average molecular weight is 124 g/mol. The van der Waals surface area contributed by atoms with Gasteiger partial charge >= 0.3 is 51.4 Å². The van der Waals surface area contributed by atoms with Gasteiger partial charge in [-0.05, 0) is 5.92 Å². The summed E-state index contributed by atoms with van der Waals surface area (Å²) in [5, 5.41) is 9.56. The van der Waals surface area contributed by atoms with E-state index in [-0.39, 0.29) is 51.4 Å².